The van der Waals surface area contributed by atoms with Crippen LogP contribution in [0.4, 0.5) is 0 Å². The van der Waals surface area contributed by atoms with Gasteiger partial charge in [-0.2, -0.15) is 0 Å². The molecule has 1 atom stereocenters. The lowest BCUT2D eigenvalue weighted by molar-refractivity contribution is 0.0817. The van der Waals surface area contributed by atoms with Crippen LogP contribution in [0.1, 0.15) is 39.2 Å². The van der Waals surface area contributed by atoms with Crippen LogP contribution in [0.3, 0.4) is 0 Å². The zero-order chi connectivity index (χ0) is 14.6. The highest BCUT2D eigenvalue weighted by Gasteiger charge is 2.32. The van der Waals surface area contributed by atoms with Gasteiger partial charge >= 0.3 is 0 Å². The zero-order valence-electron chi connectivity index (χ0n) is 13.1. The third-order valence-corrected chi connectivity index (χ3v) is 3.97. The van der Waals surface area contributed by atoms with Crippen molar-refractivity contribution in [2.75, 3.05) is 20.2 Å². The molecule has 2 rings (SSSR count). The van der Waals surface area contributed by atoms with Gasteiger partial charge in [0.05, 0.1) is 7.11 Å². The molecule has 2 heterocycles. The van der Waals surface area contributed by atoms with Crippen molar-refractivity contribution >= 4 is 0 Å². The first kappa shape index (κ1) is 15.3. The molecule has 0 amide bonds. The lowest BCUT2D eigenvalue weighted by Crippen LogP contribution is -2.61. The van der Waals surface area contributed by atoms with Crippen LogP contribution in [0.2, 0.25) is 0 Å². The molecule has 1 aromatic rings. The minimum Gasteiger partial charge on any atom is -0.481 e. The maximum Gasteiger partial charge on any atom is 0.217 e. The lowest BCUT2D eigenvalue weighted by atomic mass is 9.96. The molecule has 0 aromatic carbocycles. The fourth-order valence-corrected chi connectivity index (χ4v) is 2.97. The predicted molar refractivity (Wildman–Crippen MR) is 82.0 cm³/mol. The highest BCUT2D eigenvalue weighted by molar-refractivity contribution is 5.25. The molecule has 1 N–H and O–H groups in total. The molecule has 20 heavy (non-hydrogen) atoms. The lowest BCUT2D eigenvalue weighted by Gasteiger charge is -2.44. The number of hydrogen-bond donors (Lipinski definition) is 1. The van der Waals surface area contributed by atoms with Crippen molar-refractivity contribution in [3.05, 3.63) is 23.9 Å². The van der Waals surface area contributed by atoms with Gasteiger partial charge in [0.15, 0.2) is 0 Å². The van der Waals surface area contributed by atoms with E-state index in [4.69, 9.17) is 4.74 Å². The molecule has 4 heteroatoms. The van der Waals surface area contributed by atoms with Gasteiger partial charge in [0.25, 0.3) is 0 Å². The molecule has 1 fully saturated rings. The SMILES string of the molecule is CCCC1CNC(C)(C)CN1Cc1cccnc1OC. The highest BCUT2D eigenvalue weighted by Crippen LogP contribution is 2.23. The van der Waals surface area contributed by atoms with Crippen molar-refractivity contribution in [3.63, 3.8) is 0 Å². The van der Waals surface area contributed by atoms with Crippen molar-refractivity contribution in [1.82, 2.24) is 15.2 Å². The number of hydrogen-bond acceptors (Lipinski definition) is 4. The van der Waals surface area contributed by atoms with Crippen LogP contribution < -0.4 is 10.1 Å². The Morgan fingerprint density at radius 1 is 1.50 bits per heavy atom. The van der Waals surface area contributed by atoms with Gasteiger partial charge in [0, 0.05) is 43.0 Å². The van der Waals surface area contributed by atoms with E-state index in [9.17, 15) is 0 Å². The van der Waals surface area contributed by atoms with Gasteiger partial charge in [0.2, 0.25) is 5.88 Å². The molecule has 1 aliphatic rings. The monoisotopic (exact) mass is 277 g/mol. The first-order chi connectivity index (χ1) is 9.55. The van der Waals surface area contributed by atoms with Crippen LogP contribution in [0, 0.1) is 0 Å². The first-order valence-corrected chi connectivity index (χ1v) is 7.52. The first-order valence-electron chi connectivity index (χ1n) is 7.52. The maximum absolute atomic E-state index is 5.38. The minimum absolute atomic E-state index is 0.166. The second-order valence-electron chi connectivity index (χ2n) is 6.28. The number of aromatic nitrogens is 1. The fourth-order valence-electron chi connectivity index (χ4n) is 2.97. The number of rotatable bonds is 5. The summed E-state index contributed by atoms with van der Waals surface area (Å²) in [6.07, 6.45) is 4.23. The molecule has 0 aliphatic carbocycles. The molecule has 1 aromatic heterocycles. The fraction of sp³-hybridized carbons (Fsp3) is 0.688. The molecule has 1 unspecified atom stereocenters. The molecule has 0 spiro atoms. The zero-order valence-corrected chi connectivity index (χ0v) is 13.1. The van der Waals surface area contributed by atoms with Crippen LogP contribution in [0.5, 0.6) is 5.88 Å². The smallest absolute Gasteiger partial charge is 0.217 e. The summed E-state index contributed by atoms with van der Waals surface area (Å²) < 4.78 is 5.38. The van der Waals surface area contributed by atoms with E-state index in [2.05, 4.69) is 42.0 Å². The average molecular weight is 277 g/mol. The van der Waals surface area contributed by atoms with E-state index in [1.54, 1.807) is 13.3 Å². The van der Waals surface area contributed by atoms with Gasteiger partial charge in [-0.25, -0.2) is 4.98 Å². The molecule has 4 nitrogen and oxygen atoms in total. The second-order valence-corrected chi connectivity index (χ2v) is 6.28. The summed E-state index contributed by atoms with van der Waals surface area (Å²) in [4.78, 5) is 6.87. The number of pyridine rings is 1. The predicted octanol–water partition coefficient (Wildman–Crippen LogP) is 2.44. The van der Waals surface area contributed by atoms with Crippen molar-refractivity contribution < 1.29 is 4.74 Å². The Morgan fingerprint density at radius 2 is 2.30 bits per heavy atom. The number of methoxy groups -OCH3 is 1. The molecule has 1 saturated heterocycles. The number of ether oxygens (including phenoxy) is 1. The number of nitrogens with one attached hydrogen (secondary N) is 1. The molecule has 1 aliphatic heterocycles. The molecular formula is C16H27N3O. The Bertz CT molecular complexity index is 433. The van der Waals surface area contributed by atoms with E-state index in [0.29, 0.717) is 6.04 Å². The largest absolute Gasteiger partial charge is 0.481 e. The molecule has 0 saturated carbocycles. The third kappa shape index (κ3) is 3.70. The van der Waals surface area contributed by atoms with E-state index in [1.165, 1.54) is 18.4 Å². The van der Waals surface area contributed by atoms with E-state index in [0.717, 1.165) is 25.5 Å². The van der Waals surface area contributed by atoms with Gasteiger partial charge in [-0.3, -0.25) is 4.90 Å². The molecular weight excluding hydrogens is 250 g/mol. The highest BCUT2D eigenvalue weighted by atomic mass is 16.5. The van der Waals surface area contributed by atoms with E-state index in [1.807, 2.05) is 6.07 Å². The van der Waals surface area contributed by atoms with Gasteiger partial charge in [-0.05, 0) is 26.3 Å². The summed E-state index contributed by atoms with van der Waals surface area (Å²) in [7, 11) is 1.69. The maximum atomic E-state index is 5.38. The summed E-state index contributed by atoms with van der Waals surface area (Å²) in [5.41, 5.74) is 1.34. The number of nitrogens with zero attached hydrogens (tertiary/aromatic N) is 2. The van der Waals surface area contributed by atoms with Crippen molar-refractivity contribution in [2.45, 2.75) is 51.7 Å². The van der Waals surface area contributed by atoms with E-state index in [-0.39, 0.29) is 5.54 Å². The van der Waals surface area contributed by atoms with Gasteiger partial charge < -0.3 is 10.1 Å². The summed E-state index contributed by atoms with van der Waals surface area (Å²) in [5, 5.41) is 3.65. The average Bonchev–Trinajstić information content (AvgIpc) is 2.42. The molecule has 0 bridgehead atoms. The van der Waals surface area contributed by atoms with Gasteiger partial charge in [-0.15, -0.1) is 0 Å². The number of piperazine rings is 1. The Hall–Kier alpha value is -1.13. The van der Waals surface area contributed by atoms with Crippen LogP contribution in [-0.4, -0.2) is 41.7 Å². The van der Waals surface area contributed by atoms with Crippen LogP contribution in [-0.2, 0) is 6.54 Å². The van der Waals surface area contributed by atoms with Crippen LogP contribution in [0.15, 0.2) is 18.3 Å². The Balaban J connectivity index is 2.14. The Kier molecular flexibility index (Phi) is 5.00. The topological polar surface area (TPSA) is 37.4 Å². The summed E-state index contributed by atoms with van der Waals surface area (Å²) in [5.74, 6) is 0.749. The summed E-state index contributed by atoms with van der Waals surface area (Å²) in [6.45, 7) is 9.81. The standard InChI is InChI=1S/C16H27N3O/c1-5-7-14-10-18-16(2,3)12-19(14)11-13-8-6-9-17-15(13)20-4/h6,8-9,14,18H,5,7,10-12H2,1-4H3. The molecule has 112 valence electrons. The second kappa shape index (κ2) is 6.55. The summed E-state index contributed by atoms with van der Waals surface area (Å²) >= 11 is 0. The van der Waals surface area contributed by atoms with Crippen LogP contribution in [0.25, 0.3) is 0 Å². The van der Waals surface area contributed by atoms with Crippen molar-refractivity contribution in [3.8, 4) is 5.88 Å². The quantitative estimate of drug-likeness (QED) is 0.897. The summed E-state index contributed by atoms with van der Waals surface area (Å²) in [6, 6.07) is 4.70. The minimum atomic E-state index is 0.166. The molecule has 0 radical (unpaired) electrons. The Labute approximate surface area is 122 Å². The Morgan fingerprint density at radius 3 is 3.00 bits per heavy atom. The third-order valence-electron chi connectivity index (χ3n) is 3.97. The normalized spacial score (nSPS) is 22.7. The van der Waals surface area contributed by atoms with E-state index < -0.39 is 0 Å². The van der Waals surface area contributed by atoms with Gasteiger partial charge in [-0.1, -0.05) is 19.4 Å². The van der Waals surface area contributed by atoms with Crippen molar-refractivity contribution in [2.24, 2.45) is 0 Å². The van der Waals surface area contributed by atoms with Gasteiger partial charge in [0.1, 0.15) is 0 Å². The van der Waals surface area contributed by atoms with E-state index >= 15 is 0 Å². The van der Waals surface area contributed by atoms with Crippen molar-refractivity contribution in [1.29, 1.82) is 0 Å². The van der Waals surface area contributed by atoms with Crippen LogP contribution >= 0.6 is 0 Å².